The van der Waals surface area contributed by atoms with Crippen molar-refractivity contribution >= 4 is 21.6 Å². The highest BCUT2D eigenvalue weighted by Gasteiger charge is 2.30. The zero-order valence-electron chi connectivity index (χ0n) is 15.6. The van der Waals surface area contributed by atoms with Gasteiger partial charge in [-0.05, 0) is 56.1 Å². The molecule has 0 bridgehead atoms. The van der Waals surface area contributed by atoms with E-state index in [-0.39, 0.29) is 0 Å². The van der Waals surface area contributed by atoms with Gasteiger partial charge in [0.25, 0.3) is 0 Å². The number of fused-ring (bicyclic) bond motifs is 3. The third-order valence-electron chi connectivity index (χ3n) is 6.46. The molecule has 2 aromatic heterocycles. The van der Waals surface area contributed by atoms with Crippen molar-refractivity contribution in [3.8, 4) is 5.75 Å². The summed E-state index contributed by atoms with van der Waals surface area (Å²) in [6.45, 7) is 6.34. The molecule has 0 radical (unpaired) electrons. The van der Waals surface area contributed by atoms with Crippen LogP contribution in [0.2, 0.25) is 0 Å². The van der Waals surface area contributed by atoms with Crippen LogP contribution in [0.5, 0.6) is 5.75 Å². The number of ether oxygens (including phenoxy) is 2. The number of hydrogen-bond acceptors (Lipinski definition) is 5. The van der Waals surface area contributed by atoms with Crippen LogP contribution in [-0.4, -0.2) is 48.3 Å². The monoisotopic (exact) mass is 372 g/mol. The molecule has 0 aromatic carbocycles. The molecule has 1 atom stereocenters. The predicted octanol–water partition coefficient (Wildman–Crippen LogP) is 4.37. The summed E-state index contributed by atoms with van der Waals surface area (Å²) in [6, 6.07) is 2.82. The molecule has 2 aromatic rings. The van der Waals surface area contributed by atoms with Crippen LogP contribution in [-0.2, 0) is 11.2 Å². The number of hydrogen-bond donors (Lipinski definition) is 0. The maximum Gasteiger partial charge on any atom is 0.131 e. The van der Waals surface area contributed by atoms with Gasteiger partial charge in [-0.3, -0.25) is 4.90 Å². The highest BCUT2D eigenvalue weighted by atomic mass is 32.1. The molecule has 3 heterocycles. The molecule has 0 spiro atoms. The van der Waals surface area contributed by atoms with Crippen molar-refractivity contribution in [1.29, 1.82) is 0 Å². The van der Waals surface area contributed by atoms with Crippen LogP contribution in [0.3, 0.4) is 0 Å². The number of pyridine rings is 1. The first-order valence-electron chi connectivity index (χ1n) is 10.2. The molecule has 2 fully saturated rings. The molecule has 0 amide bonds. The van der Waals surface area contributed by atoms with E-state index in [2.05, 4.69) is 22.9 Å². The predicted molar refractivity (Wildman–Crippen MR) is 105 cm³/mol. The standard InChI is InChI=1S/C21H28N2O2S/c1-14-2-7-18-19(14)20-17(8-9-22-21(20)26-18)25-16-5-3-15(4-6-16)23-10-12-24-13-11-23/h8-9,14-16H,2-7,10-13H2,1H3/t14-,15-,16-/m0/s1. The van der Waals surface area contributed by atoms with Crippen LogP contribution in [0, 0.1) is 0 Å². The van der Waals surface area contributed by atoms with Gasteiger partial charge in [0.1, 0.15) is 10.6 Å². The van der Waals surface area contributed by atoms with Crippen LogP contribution >= 0.6 is 11.3 Å². The van der Waals surface area contributed by atoms with Crippen molar-refractivity contribution in [3.05, 3.63) is 22.7 Å². The Balaban J connectivity index is 1.30. The molecule has 0 unspecified atom stereocenters. The summed E-state index contributed by atoms with van der Waals surface area (Å²) in [6.07, 6.45) is 9.57. The van der Waals surface area contributed by atoms with Crippen molar-refractivity contribution in [2.45, 2.75) is 63.5 Å². The van der Waals surface area contributed by atoms with Gasteiger partial charge < -0.3 is 9.47 Å². The highest BCUT2D eigenvalue weighted by Crippen LogP contribution is 2.46. The van der Waals surface area contributed by atoms with Gasteiger partial charge in [0.05, 0.1) is 24.7 Å². The molecule has 26 heavy (non-hydrogen) atoms. The summed E-state index contributed by atoms with van der Waals surface area (Å²) in [4.78, 5) is 9.95. The molecule has 0 N–H and O–H groups in total. The first-order valence-corrected chi connectivity index (χ1v) is 11.0. The second-order valence-electron chi connectivity index (χ2n) is 8.06. The largest absolute Gasteiger partial charge is 0.490 e. The Morgan fingerprint density at radius 1 is 1.15 bits per heavy atom. The Kier molecular flexibility index (Phi) is 4.63. The first kappa shape index (κ1) is 17.0. The molecule has 5 rings (SSSR count). The van der Waals surface area contributed by atoms with Crippen molar-refractivity contribution in [2.75, 3.05) is 26.3 Å². The number of nitrogens with zero attached hydrogens (tertiary/aromatic N) is 2. The normalized spacial score (nSPS) is 29.8. The van der Waals surface area contributed by atoms with Gasteiger partial charge in [0, 0.05) is 30.2 Å². The molecule has 3 aliphatic rings. The highest BCUT2D eigenvalue weighted by molar-refractivity contribution is 7.19. The smallest absolute Gasteiger partial charge is 0.131 e. The lowest BCUT2D eigenvalue weighted by Crippen LogP contribution is -2.46. The summed E-state index contributed by atoms with van der Waals surface area (Å²) in [5, 5.41) is 1.31. The van der Waals surface area contributed by atoms with E-state index >= 15 is 0 Å². The molecule has 1 aliphatic heterocycles. The molecule has 1 saturated carbocycles. The number of thiophene rings is 1. The van der Waals surface area contributed by atoms with Crippen molar-refractivity contribution in [1.82, 2.24) is 9.88 Å². The van der Waals surface area contributed by atoms with Gasteiger partial charge in [-0.2, -0.15) is 0 Å². The van der Waals surface area contributed by atoms with E-state index in [1.807, 2.05) is 17.5 Å². The summed E-state index contributed by atoms with van der Waals surface area (Å²) < 4.78 is 12.1. The van der Waals surface area contributed by atoms with Crippen molar-refractivity contribution in [2.24, 2.45) is 0 Å². The quantitative estimate of drug-likeness (QED) is 0.801. The van der Waals surface area contributed by atoms with Gasteiger partial charge >= 0.3 is 0 Å². The van der Waals surface area contributed by atoms with E-state index in [1.54, 1.807) is 0 Å². The number of morpholine rings is 1. The molecule has 1 saturated heterocycles. The zero-order chi connectivity index (χ0) is 17.5. The lowest BCUT2D eigenvalue weighted by molar-refractivity contribution is -0.000919. The minimum absolute atomic E-state index is 0.352. The summed E-state index contributed by atoms with van der Waals surface area (Å²) in [7, 11) is 0. The molecular formula is C21H28N2O2S. The van der Waals surface area contributed by atoms with Gasteiger partial charge in [-0.25, -0.2) is 4.98 Å². The Bertz CT molecular complexity index is 776. The Morgan fingerprint density at radius 2 is 1.96 bits per heavy atom. The van der Waals surface area contributed by atoms with E-state index < -0.39 is 0 Å². The molecule has 140 valence electrons. The van der Waals surface area contributed by atoms with Gasteiger partial charge in [-0.1, -0.05) is 6.92 Å². The third-order valence-corrected chi connectivity index (χ3v) is 7.64. The van der Waals surface area contributed by atoms with E-state index in [4.69, 9.17) is 9.47 Å². The van der Waals surface area contributed by atoms with Crippen LogP contribution in [0.25, 0.3) is 10.2 Å². The minimum atomic E-state index is 0.352. The van der Waals surface area contributed by atoms with E-state index in [1.165, 1.54) is 46.3 Å². The Hall–Kier alpha value is -1.17. The minimum Gasteiger partial charge on any atom is -0.490 e. The fraction of sp³-hybridized carbons (Fsp3) is 0.667. The molecule has 2 aliphatic carbocycles. The van der Waals surface area contributed by atoms with Crippen molar-refractivity contribution < 1.29 is 9.47 Å². The topological polar surface area (TPSA) is 34.6 Å². The first-order chi connectivity index (χ1) is 12.8. The molecule has 4 nitrogen and oxygen atoms in total. The Labute approximate surface area is 159 Å². The van der Waals surface area contributed by atoms with Gasteiger partial charge in [-0.15, -0.1) is 11.3 Å². The van der Waals surface area contributed by atoms with E-state index in [0.717, 1.165) is 50.9 Å². The van der Waals surface area contributed by atoms with Crippen LogP contribution in [0.15, 0.2) is 12.3 Å². The third kappa shape index (κ3) is 3.04. The summed E-state index contributed by atoms with van der Waals surface area (Å²) in [5.41, 5.74) is 1.52. The SMILES string of the molecule is C[C@H]1CCc2sc3nccc(O[C@H]4CC[C@H](N5CCOCC5)CC4)c3c21. The average Bonchev–Trinajstić information content (AvgIpc) is 3.23. The average molecular weight is 373 g/mol. The van der Waals surface area contributed by atoms with Gasteiger partial charge in [0.2, 0.25) is 0 Å². The lowest BCUT2D eigenvalue weighted by atomic mass is 9.91. The number of aryl methyl sites for hydroxylation is 1. The fourth-order valence-corrected chi connectivity index (χ4v) is 6.30. The second kappa shape index (κ2) is 7.10. The van der Waals surface area contributed by atoms with Crippen LogP contribution in [0.1, 0.15) is 55.4 Å². The van der Waals surface area contributed by atoms with Crippen LogP contribution in [0.4, 0.5) is 0 Å². The zero-order valence-corrected chi connectivity index (χ0v) is 16.4. The maximum atomic E-state index is 6.56. The Morgan fingerprint density at radius 3 is 2.77 bits per heavy atom. The van der Waals surface area contributed by atoms with E-state index in [0.29, 0.717) is 12.0 Å². The maximum absolute atomic E-state index is 6.56. The molecule has 5 heteroatoms. The fourth-order valence-electron chi connectivity index (χ4n) is 5.01. The van der Waals surface area contributed by atoms with Crippen LogP contribution < -0.4 is 4.74 Å². The molecular weight excluding hydrogens is 344 g/mol. The summed E-state index contributed by atoms with van der Waals surface area (Å²) >= 11 is 1.88. The second-order valence-corrected chi connectivity index (χ2v) is 9.15. The lowest BCUT2D eigenvalue weighted by Gasteiger charge is -2.38. The number of rotatable bonds is 3. The van der Waals surface area contributed by atoms with Gasteiger partial charge in [0.15, 0.2) is 0 Å². The summed E-state index contributed by atoms with van der Waals surface area (Å²) in [5.74, 6) is 1.72. The number of aromatic nitrogens is 1. The van der Waals surface area contributed by atoms with Crippen molar-refractivity contribution in [3.63, 3.8) is 0 Å². The van der Waals surface area contributed by atoms with E-state index in [9.17, 15) is 0 Å².